The summed E-state index contributed by atoms with van der Waals surface area (Å²) in [6.45, 7) is -0.531. The molecule has 1 atom stereocenters. The monoisotopic (exact) mass is 433 g/mol. The summed E-state index contributed by atoms with van der Waals surface area (Å²) in [7, 11) is 0. The van der Waals surface area contributed by atoms with E-state index in [4.69, 9.17) is 0 Å². The average Bonchev–Trinajstić information content (AvgIpc) is 3.50. The predicted octanol–water partition coefficient (Wildman–Crippen LogP) is 2.48. The Morgan fingerprint density at radius 2 is 1.94 bits per heavy atom. The number of anilines is 1. The van der Waals surface area contributed by atoms with Crippen LogP contribution in [0.4, 0.5) is 14.9 Å². The lowest BCUT2D eigenvalue weighted by Crippen LogP contribution is -2.45. The first kappa shape index (κ1) is 19.9. The molecule has 0 radical (unpaired) electrons. The normalized spacial score (nSPS) is 19.3. The van der Waals surface area contributed by atoms with Crippen molar-refractivity contribution in [1.29, 1.82) is 0 Å². The summed E-state index contributed by atoms with van der Waals surface area (Å²) >= 11 is 0. The van der Waals surface area contributed by atoms with Crippen LogP contribution >= 0.6 is 0 Å². The Bertz CT molecular complexity index is 1210. The number of carbonyl (C=O) groups is 3. The van der Waals surface area contributed by atoms with Crippen molar-refractivity contribution in [2.45, 2.75) is 24.9 Å². The molecule has 8 nitrogen and oxygen atoms in total. The zero-order chi connectivity index (χ0) is 22.3. The molecule has 1 aliphatic carbocycles. The fourth-order valence-corrected chi connectivity index (χ4v) is 4.47. The lowest BCUT2D eigenvalue weighted by Gasteiger charge is -2.25. The fourth-order valence-electron chi connectivity index (χ4n) is 4.47. The van der Waals surface area contributed by atoms with Crippen molar-refractivity contribution in [3.8, 4) is 0 Å². The van der Waals surface area contributed by atoms with Gasteiger partial charge in [-0.1, -0.05) is 42.5 Å². The molecule has 2 heterocycles. The number of carbonyl (C=O) groups excluding carboxylic acids is 3. The third-order valence-corrected chi connectivity index (χ3v) is 6.10. The van der Waals surface area contributed by atoms with Gasteiger partial charge in [0.25, 0.3) is 5.91 Å². The number of aromatic amines is 1. The van der Waals surface area contributed by atoms with E-state index in [1.165, 1.54) is 23.4 Å². The molecule has 1 fully saturated rings. The molecule has 9 heteroatoms. The zero-order valence-corrected chi connectivity index (χ0v) is 17.0. The second-order valence-electron chi connectivity index (χ2n) is 7.91. The number of rotatable bonds is 5. The smallest absolute Gasteiger partial charge is 0.319 e. The summed E-state index contributed by atoms with van der Waals surface area (Å²) < 4.78 is 14.2. The molecule has 1 aromatic heterocycles. The van der Waals surface area contributed by atoms with Gasteiger partial charge in [0.1, 0.15) is 17.9 Å². The standard InChI is InChI=1S/C23H20FN5O3/c24-19-8-4-2-6-16(19)13-28(17-11-25-26-12-17)20(30)14-29-21(31)23(27-22(29)32)10-9-15-5-1-3-7-18(15)23/h1-8,11-12H,9-10,13-14H2,(H,25,26)(H,27,32). The van der Waals surface area contributed by atoms with Crippen LogP contribution in [0.25, 0.3) is 0 Å². The molecule has 0 bridgehead atoms. The summed E-state index contributed by atoms with van der Waals surface area (Å²) in [6, 6.07) is 13.0. The molecule has 3 aromatic rings. The Hall–Kier alpha value is -4.01. The Morgan fingerprint density at radius 1 is 1.16 bits per heavy atom. The number of aryl methyl sites for hydroxylation is 1. The number of hydrogen-bond acceptors (Lipinski definition) is 4. The molecule has 32 heavy (non-hydrogen) atoms. The lowest BCUT2D eigenvalue weighted by molar-refractivity contribution is -0.134. The minimum Gasteiger partial charge on any atom is -0.319 e. The van der Waals surface area contributed by atoms with Crippen LogP contribution in [0.2, 0.25) is 0 Å². The van der Waals surface area contributed by atoms with Gasteiger partial charge in [0.2, 0.25) is 5.91 Å². The van der Waals surface area contributed by atoms with Gasteiger partial charge in [-0.2, -0.15) is 5.10 Å². The van der Waals surface area contributed by atoms with Gasteiger partial charge in [0, 0.05) is 11.8 Å². The predicted molar refractivity (Wildman–Crippen MR) is 113 cm³/mol. The number of nitrogens with one attached hydrogen (secondary N) is 2. The van der Waals surface area contributed by atoms with Crippen LogP contribution in [0.3, 0.4) is 0 Å². The summed E-state index contributed by atoms with van der Waals surface area (Å²) in [5.41, 5.74) is 1.35. The van der Waals surface area contributed by atoms with Crippen LogP contribution in [-0.4, -0.2) is 39.5 Å². The first-order valence-corrected chi connectivity index (χ1v) is 10.2. The second kappa shape index (κ2) is 7.60. The topological polar surface area (TPSA) is 98.4 Å². The van der Waals surface area contributed by atoms with Gasteiger partial charge >= 0.3 is 6.03 Å². The largest absolute Gasteiger partial charge is 0.325 e. The quantitative estimate of drug-likeness (QED) is 0.604. The van der Waals surface area contributed by atoms with Gasteiger partial charge in [0.05, 0.1) is 18.4 Å². The number of benzene rings is 2. The molecule has 4 amide bonds. The number of aromatic nitrogens is 2. The average molecular weight is 433 g/mol. The number of urea groups is 1. The first-order valence-electron chi connectivity index (χ1n) is 10.2. The molecule has 5 rings (SSSR count). The maximum Gasteiger partial charge on any atom is 0.325 e. The Balaban J connectivity index is 1.41. The number of H-pyrrole nitrogens is 1. The minimum absolute atomic E-state index is 0.0668. The number of amides is 4. The van der Waals surface area contributed by atoms with E-state index in [0.717, 1.165) is 16.0 Å². The third kappa shape index (κ3) is 3.13. The van der Waals surface area contributed by atoms with E-state index in [1.54, 1.807) is 18.2 Å². The molecule has 1 aliphatic heterocycles. The van der Waals surface area contributed by atoms with E-state index in [-0.39, 0.29) is 6.54 Å². The number of hydrogen-bond donors (Lipinski definition) is 2. The summed E-state index contributed by atoms with van der Waals surface area (Å²) in [5.74, 6) is -1.43. The van der Waals surface area contributed by atoms with Crippen molar-refractivity contribution in [3.05, 3.63) is 83.4 Å². The second-order valence-corrected chi connectivity index (χ2v) is 7.91. The van der Waals surface area contributed by atoms with Crippen LogP contribution in [0.15, 0.2) is 60.9 Å². The van der Waals surface area contributed by atoms with Crippen LogP contribution in [0, 0.1) is 5.82 Å². The van der Waals surface area contributed by atoms with Crippen LogP contribution in [-0.2, 0) is 28.1 Å². The zero-order valence-electron chi connectivity index (χ0n) is 17.0. The molecule has 0 saturated carbocycles. The Kier molecular flexibility index (Phi) is 4.73. The van der Waals surface area contributed by atoms with Gasteiger partial charge in [-0.3, -0.25) is 19.6 Å². The Morgan fingerprint density at radius 3 is 2.72 bits per heavy atom. The van der Waals surface area contributed by atoms with Crippen molar-refractivity contribution in [2.75, 3.05) is 11.4 Å². The minimum atomic E-state index is -1.14. The van der Waals surface area contributed by atoms with E-state index in [0.29, 0.717) is 24.1 Å². The SMILES string of the molecule is O=C1NC2(CCc3ccccc32)C(=O)N1CC(=O)N(Cc1ccccc1F)c1cn[nH]c1. The van der Waals surface area contributed by atoms with Gasteiger partial charge in [-0.25, -0.2) is 9.18 Å². The molecular formula is C23H20FN5O3. The highest BCUT2D eigenvalue weighted by molar-refractivity contribution is 6.11. The molecule has 1 saturated heterocycles. The van der Waals surface area contributed by atoms with Crippen LogP contribution in [0.5, 0.6) is 0 Å². The van der Waals surface area contributed by atoms with Crippen molar-refractivity contribution in [1.82, 2.24) is 20.4 Å². The maximum absolute atomic E-state index is 14.2. The van der Waals surface area contributed by atoms with Gasteiger partial charge in [0.15, 0.2) is 0 Å². The van der Waals surface area contributed by atoms with Gasteiger partial charge in [-0.15, -0.1) is 0 Å². The maximum atomic E-state index is 14.2. The van der Waals surface area contributed by atoms with Gasteiger partial charge in [-0.05, 0) is 30.0 Å². The first-order chi connectivity index (χ1) is 15.5. The van der Waals surface area contributed by atoms with E-state index >= 15 is 0 Å². The van der Waals surface area contributed by atoms with Gasteiger partial charge < -0.3 is 10.2 Å². The molecule has 2 aromatic carbocycles. The molecule has 2 N–H and O–H groups in total. The molecule has 1 unspecified atom stereocenters. The number of nitrogens with zero attached hydrogens (tertiary/aromatic N) is 3. The van der Waals surface area contributed by atoms with E-state index in [1.807, 2.05) is 24.3 Å². The van der Waals surface area contributed by atoms with E-state index in [2.05, 4.69) is 15.5 Å². The molecular weight excluding hydrogens is 413 g/mol. The lowest BCUT2D eigenvalue weighted by atomic mass is 9.92. The summed E-state index contributed by atoms with van der Waals surface area (Å²) in [5, 5.41) is 9.30. The highest BCUT2D eigenvalue weighted by atomic mass is 19.1. The molecule has 2 aliphatic rings. The highest BCUT2D eigenvalue weighted by Crippen LogP contribution is 2.41. The van der Waals surface area contributed by atoms with Crippen molar-refractivity contribution < 1.29 is 18.8 Å². The Labute approximate surface area is 183 Å². The fraction of sp³-hybridized carbons (Fsp3) is 0.217. The number of fused-ring (bicyclic) bond motifs is 2. The van der Waals surface area contributed by atoms with Crippen molar-refractivity contribution in [2.24, 2.45) is 0 Å². The van der Waals surface area contributed by atoms with Crippen molar-refractivity contribution in [3.63, 3.8) is 0 Å². The summed E-state index contributed by atoms with van der Waals surface area (Å²) in [6.07, 6.45) is 4.04. The molecule has 162 valence electrons. The summed E-state index contributed by atoms with van der Waals surface area (Å²) in [4.78, 5) is 41.6. The number of imide groups is 1. The number of halogens is 1. The van der Waals surface area contributed by atoms with Crippen LogP contribution in [0.1, 0.15) is 23.1 Å². The van der Waals surface area contributed by atoms with E-state index in [9.17, 15) is 18.8 Å². The molecule has 1 spiro atoms. The van der Waals surface area contributed by atoms with Crippen molar-refractivity contribution >= 4 is 23.5 Å². The third-order valence-electron chi connectivity index (χ3n) is 6.10. The van der Waals surface area contributed by atoms with Crippen LogP contribution < -0.4 is 10.2 Å². The highest BCUT2D eigenvalue weighted by Gasteiger charge is 2.55. The van der Waals surface area contributed by atoms with E-state index < -0.39 is 35.7 Å².